The molecule has 1 heterocycles. The lowest BCUT2D eigenvalue weighted by molar-refractivity contribution is 0.281. The zero-order valence-corrected chi connectivity index (χ0v) is 16.1. The van der Waals surface area contributed by atoms with Crippen LogP contribution in [0.1, 0.15) is 5.56 Å². The van der Waals surface area contributed by atoms with Crippen molar-refractivity contribution in [3.63, 3.8) is 0 Å². The predicted molar refractivity (Wildman–Crippen MR) is 113 cm³/mol. The van der Waals surface area contributed by atoms with Crippen LogP contribution in [0.3, 0.4) is 0 Å². The number of fused-ring (bicyclic) bond motifs is 1. The Morgan fingerprint density at radius 3 is 2.67 bits per heavy atom. The third-order valence-corrected chi connectivity index (χ3v) is 4.37. The highest BCUT2D eigenvalue weighted by molar-refractivity contribution is 7.80. The van der Waals surface area contributed by atoms with E-state index in [0.29, 0.717) is 18.3 Å². The van der Waals surface area contributed by atoms with Crippen molar-refractivity contribution < 1.29 is 9.47 Å². The molecule has 0 aliphatic rings. The zero-order chi connectivity index (χ0) is 19.1. The van der Waals surface area contributed by atoms with Crippen molar-refractivity contribution in [1.29, 1.82) is 0 Å². The van der Waals surface area contributed by atoms with Crippen LogP contribution in [0.15, 0.2) is 59.8 Å². The number of para-hydroxylation sites is 3. The number of hydrazone groups is 1. The highest BCUT2D eigenvalue weighted by Crippen LogP contribution is 2.26. The average Bonchev–Trinajstić information content (AvgIpc) is 3.06. The summed E-state index contributed by atoms with van der Waals surface area (Å²) in [7, 11) is 3.39. The van der Waals surface area contributed by atoms with E-state index in [1.165, 1.54) is 0 Å². The molecule has 0 fully saturated rings. The number of benzene rings is 2. The lowest BCUT2D eigenvalue weighted by Crippen LogP contribution is -2.28. The quantitative estimate of drug-likeness (QED) is 0.373. The fourth-order valence-electron chi connectivity index (χ4n) is 2.77. The predicted octanol–water partition coefficient (Wildman–Crippen LogP) is 3.16. The average molecular weight is 382 g/mol. The second-order valence-corrected chi connectivity index (χ2v) is 6.15. The summed E-state index contributed by atoms with van der Waals surface area (Å²) in [6.07, 6.45) is 3.83. The summed E-state index contributed by atoms with van der Waals surface area (Å²) in [4.78, 5) is 0. The van der Waals surface area contributed by atoms with E-state index >= 15 is 0 Å². The smallest absolute Gasteiger partial charge is 0.186 e. The molecule has 0 atom stereocenters. The molecule has 6 nitrogen and oxygen atoms in total. The van der Waals surface area contributed by atoms with Crippen LogP contribution >= 0.6 is 12.2 Å². The van der Waals surface area contributed by atoms with Gasteiger partial charge in [-0.3, -0.25) is 5.43 Å². The van der Waals surface area contributed by atoms with E-state index in [9.17, 15) is 0 Å². The van der Waals surface area contributed by atoms with E-state index in [1.54, 1.807) is 20.4 Å². The SMILES string of the molecule is CNC(=S)N/N=C\c1cn(CCOc2ccccc2OC)c2ccccc12. The molecule has 1 aromatic heterocycles. The molecule has 0 bridgehead atoms. The number of ether oxygens (including phenoxy) is 2. The van der Waals surface area contributed by atoms with E-state index in [1.807, 2.05) is 36.4 Å². The maximum Gasteiger partial charge on any atom is 0.186 e. The number of hydrogen-bond donors (Lipinski definition) is 2. The minimum atomic E-state index is 0.472. The van der Waals surface area contributed by atoms with Gasteiger partial charge in [-0.25, -0.2) is 0 Å². The van der Waals surface area contributed by atoms with E-state index in [4.69, 9.17) is 21.7 Å². The summed E-state index contributed by atoms with van der Waals surface area (Å²) < 4.78 is 13.4. The van der Waals surface area contributed by atoms with Gasteiger partial charge in [-0.15, -0.1) is 0 Å². The zero-order valence-electron chi connectivity index (χ0n) is 15.3. The van der Waals surface area contributed by atoms with Crippen molar-refractivity contribution in [3.05, 3.63) is 60.3 Å². The van der Waals surface area contributed by atoms with Gasteiger partial charge in [0.05, 0.1) is 19.9 Å². The van der Waals surface area contributed by atoms with Gasteiger partial charge in [0.25, 0.3) is 0 Å². The molecular weight excluding hydrogens is 360 g/mol. The lowest BCUT2D eigenvalue weighted by Gasteiger charge is -2.11. The first-order valence-corrected chi connectivity index (χ1v) is 8.98. The summed E-state index contributed by atoms with van der Waals surface area (Å²) in [6.45, 7) is 1.23. The van der Waals surface area contributed by atoms with Crippen molar-refractivity contribution in [2.75, 3.05) is 20.8 Å². The molecular formula is C20H22N4O2S. The second kappa shape index (κ2) is 9.05. The van der Waals surface area contributed by atoms with Gasteiger partial charge in [-0.1, -0.05) is 30.3 Å². The van der Waals surface area contributed by atoms with Gasteiger partial charge < -0.3 is 19.4 Å². The van der Waals surface area contributed by atoms with Gasteiger partial charge in [-0.2, -0.15) is 5.10 Å². The van der Waals surface area contributed by atoms with E-state index in [2.05, 4.69) is 38.7 Å². The Balaban J connectivity index is 1.74. The normalized spacial score (nSPS) is 10.9. The molecule has 0 saturated carbocycles. The van der Waals surface area contributed by atoms with Crippen molar-refractivity contribution in [2.24, 2.45) is 5.10 Å². The maximum atomic E-state index is 5.90. The highest BCUT2D eigenvalue weighted by Gasteiger charge is 2.08. The number of thiocarbonyl (C=S) groups is 1. The number of methoxy groups -OCH3 is 1. The second-order valence-electron chi connectivity index (χ2n) is 5.74. The summed E-state index contributed by atoms with van der Waals surface area (Å²) >= 11 is 5.03. The molecule has 0 amide bonds. The lowest BCUT2D eigenvalue weighted by atomic mass is 10.2. The molecule has 140 valence electrons. The number of hydrogen-bond acceptors (Lipinski definition) is 4. The van der Waals surface area contributed by atoms with Crippen LogP contribution in [0.2, 0.25) is 0 Å². The third kappa shape index (κ3) is 4.57. The molecule has 7 heteroatoms. The Labute approximate surface area is 163 Å². The Morgan fingerprint density at radius 2 is 1.89 bits per heavy atom. The molecule has 3 rings (SSSR count). The Morgan fingerprint density at radius 1 is 1.15 bits per heavy atom. The summed E-state index contributed by atoms with van der Waals surface area (Å²) in [6, 6.07) is 15.8. The molecule has 0 aliphatic heterocycles. The van der Waals surface area contributed by atoms with Gasteiger partial charge in [0.1, 0.15) is 6.61 Å². The highest BCUT2D eigenvalue weighted by atomic mass is 32.1. The molecule has 2 aromatic carbocycles. The van der Waals surface area contributed by atoms with Gasteiger partial charge >= 0.3 is 0 Å². The molecule has 0 aliphatic carbocycles. The number of nitrogens with one attached hydrogen (secondary N) is 2. The van der Waals surface area contributed by atoms with Gasteiger partial charge in [0, 0.05) is 29.7 Å². The maximum absolute atomic E-state index is 5.90. The van der Waals surface area contributed by atoms with Crippen LogP contribution in [-0.2, 0) is 6.54 Å². The Bertz CT molecular complexity index is 952. The first-order valence-electron chi connectivity index (χ1n) is 8.57. The largest absolute Gasteiger partial charge is 0.493 e. The fourth-order valence-corrected chi connectivity index (χ4v) is 2.82. The summed E-state index contributed by atoms with van der Waals surface area (Å²) in [5.74, 6) is 1.47. The molecule has 3 aromatic rings. The molecule has 27 heavy (non-hydrogen) atoms. The first kappa shape index (κ1) is 18.7. The number of rotatable bonds is 7. The fraction of sp³-hybridized carbons (Fsp3) is 0.200. The van der Waals surface area contributed by atoms with Crippen molar-refractivity contribution >= 4 is 34.4 Å². The first-order chi connectivity index (χ1) is 13.2. The van der Waals surface area contributed by atoms with Crippen LogP contribution in [0.25, 0.3) is 10.9 Å². The minimum absolute atomic E-state index is 0.472. The van der Waals surface area contributed by atoms with E-state index < -0.39 is 0 Å². The Hall–Kier alpha value is -3.06. The summed E-state index contributed by atoms with van der Waals surface area (Å²) in [5, 5.41) is 8.60. The minimum Gasteiger partial charge on any atom is -0.493 e. The molecule has 0 unspecified atom stereocenters. The molecule has 0 saturated heterocycles. The van der Waals surface area contributed by atoms with Crippen LogP contribution in [0.4, 0.5) is 0 Å². The summed E-state index contributed by atoms with van der Waals surface area (Å²) in [5.41, 5.74) is 4.91. The van der Waals surface area contributed by atoms with Crippen molar-refractivity contribution in [3.8, 4) is 11.5 Å². The van der Waals surface area contributed by atoms with Gasteiger partial charge in [0.15, 0.2) is 16.6 Å². The molecule has 0 spiro atoms. The van der Waals surface area contributed by atoms with Gasteiger partial charge in [0.2, 0.25) is 0 Å². The third-order valence-electron chi connectivity index (χ3n) is 4.08. The van der Waals surface area contributed by atoms with Crippen LogP contribution < -0.4 is 20.2 Å². The molecule has 2 N–H and O–H groups in total. The monoisotopic (exact) mass is 382 g/mol. The number of nitrogens with zero attached hydrogens (tertiary/aromatic N) is 2. The van der Waals surface area contributed by atoms with Crippen molar-refractivity contribution in [1.82, 2.24) is 15.3 Å². The van der Waals surface area contributed by atoms with Crippen molar-refractivity contribution in [2.45, 2.75) is 6.54 Å². The topological polar surface area (TPSA) is 59.8 Å². The van der Waals surface area contributed by atoms with Crippen LogP contribution in [0, 0.1) is 0 Å². The molecule has 0 radical (unpaired) electrons. The standard InChI is InChI=1S/C20H22N4O2S/c1-21-20(27)23-22-13-15-14-24(17-8-4-3-7-16(15)17)11-12-26-19-10-6-5-9-18(19)25-2/h3-10,13-14H,11-12H2,1-2H3,(H2,21,23,27)/b22-13-. The van der Waals surface area contributed by atoms with Crippen LogP contribution in [-0.4, -0.2) is 36.7 Å². The van der Waals surface area contributed by atoms with E-state index in [-0.39, 0.29) is 0 Å². The van der Waals surface area contributed by atoms with Crippen LogP contribution in [0.5, 0.6) is 11.5 Å². The Kier molecular flexibility index (Phi) is 6.27. The van der Waals surface area contributed by atoms with Gasteiger partial charge in [-0.05, 0) is 30.4 Å². The van der Waals surface area contributed by atoms with E-state index in [0.717, 1.165) is 28.0 Å². The number of aromatic nitrogens is 1.